The Hall–Kier alpha value is -2.29. The highest BCUT2D eigenvalue weighted by molar-refractivity contribution is 14.1. The van der Waals surface area contributed by atoms with Crippen molar-refractivity contribution in [3.05, 3.63) is 40.0 Å². The molecule has 0 aliphatic carbocycles. The van der Waals surface area contributed by atoms with E-state index in [1.54, 1.807) is 6.92 Å². The Morgan fingerprint density at radius 3 is 2.69 bits per heavy atom. The molecule has 0 radical (unpaired) electrons. The third-order valence-corrected chi connectivity index (χ3v) is 4.41. The first-order chi connectivity index (χ1) is 12.6. The van der Waals surface area contributed by atoms with Gasteiger partial charge in [-0.1, -0.05) is 12.1 Å². The minimum atomic E-state index is -0.410. The lowest BCUT2D eigenvalue weighted by molar-refractivity contribution is -0.145. The third kappa shape index (κ3) is 4.09. The number of nitrogens with one attached hydrogen (secondary N) is 1. The van der Waals surface area contributed by atoms with Crippen LogP contribution in [-0.2, 0) is 9.53 Å². The number of hydrogen-bond donors (Lipinski definition) is 1. The normalized spacial score (nSPS) is 10.7. The van der Waals surface area contributed by atoms with Gasteiger partial charge in [-0.15, -0.1) is 0 Å². The monoisotopic (exact) mass is 466 g/mol. The van der Waals surface area contributed by atoms with E-state index in [0.717, 1.165) is 26.0 Å². The van der Waals surface area contributed by atoms with Crippen LogP contribution in [0.3, 0.4) is 0 Å². The van der Waals surface area contributed by atoms with E-state index in [1.165, 1.54) is 0 Å². The number of ether oxygens (including phenoxy) is 3. The molecule has 0 fully saturated rings. The van der Waals surface area contributed by atoms with Gasteiger partial charge in [0.2, 0.25) is 0 Å². The van der Waals surface area contributed by atoms with Crippen molar-refractivity contribution in [1.82, 2.24) is 9.97 Å². The molecule has 0 amide bonds. The van der Waals surface area contributed by atoms with Crippen LogP contribution in [0.15, 0.2) is 36.4 Å². The second-order valence-electron chi connectivity index (χ2n) is 5.41. The summed E-state index contributed by atoms with van der Waals surface area (Å²) >= 11 is 2.17. The smallest absolute Gasteiger partial charge is 0.344 e. The second kappa shape index (κ2) is 8.39. The highest BCUT2D eigenvalue weighted by Gasteiger charge is 2.16. The minimum absolute atomic E-state index is 0.159. The summed E-state index contributed by atoms with van der Waals surface area (Å²) in [5, 5.41) is 0. The van der Waals surface area contributed by atoms with Gasteiger partial charge >= 0.3 is 5.97 Å². The predicted molar refractivity (Wildman–Crippen MR) is 108 cm³/mol. The predicted octanol–water partition coefficient (Wildman–Crippen LogP) is 4.18. The summed E-state index contributed by atoms with van der Waals surface area (Å²) in [6.07, 6.45) is 0. The maximum Gasteiger partial charge on any atom is 0.344 e. The number of nitrogens with zero attached hydrogens (tertiary/aromatic N) is 1. The van der Waals surface area contributed by atoms with Gasteiger partial charge in [0.25, 0.3) is 0 Å². The number of esters is 1. The van der Waals surface area contributed by atoms with Crippen molar-refractivity contribution < 1.29 is 19.0 Å². The van der Waals surface area contributed by atoms with Crippen LogP contribution in [0.4, 0.5) is 0 Å². The zero-order valence-corrected chi connectivity index (χ0v) is 16.7. The summed E-state index contributed by atoms with van der Waals surface area (Å²) in [7, 11) is 0. The second-order valence-corrected chi connectivity index (χ2v) is 6.58. The Labute approximate surface area is 165 Å². The molecule has 0 bridgehead atoms. The highest BCUT2D eigenvalue weighted by Crippen LogP contribution is 2.37. The molecule has 136 valence electrons. The number of para-hydroxylation sites is 2. The molecule has 26 heavy (non-hydrogen) atoms. The van der Waals surface area contributed by atoms with Crippen LogP contribution >= 0.6 is 22.6 Å². The number of H-pyrrole nitrogens is 1. The summed E-state index contributed by atoms with van der Waals surface area (Å²) < 4.78 is 17.1. The molecule has 3 rings (SSSR count). The van der Waals surface area contributed by atoms with Gasteiger partial charge in [0.05, 0.1) is 27.8 Å². The summed E-state index contributed by atoms with van der Waals surface area (Å²) in [5.41, 5.74) is 2.76. The Morgan fingerprint density at radius 1 is 1.15 bits per heavy atom. The molecule has 0 saturated carbocycles. The molecule has 1 heterocycles. The van der Waals surface area contributed by atoms with Gasteiger partial charge in [0.15, 0.2) is 18.1 Å². The van der Waals surface area contributed by atoms with E-state index in [2.05, 4.69) is 32.6 Å². The van der Waals surface area contributed by atoms with Crippen molar-refractivity contribution in [3.63, 3.8) is 0 Å². The van der Waals surface area contributed by atoms with Crippen molar-refractivity contribution in [1.29, 1.82) is 0 Å². The van der Waals surface area contributed by atoms with E-state index < -0.39 is 5.97 Å². The SMILES string of the molecule is CCOC(=O)COc1c(I)cc(-c2nc3ccccc3[nH]2)cc1OCC. The van der Waals surface area contributed by atoms with Gasteiger partial charge in [0.1, 0.15) is 5.82 Å². The van der Waals surface area contributed by atoms with Crippen molar-refractivity contribution in [3.8, 4) is 22.9 Å². The number of halogens is 1. The molecule has 1 aromatic heterocycles. The number of carbonyl (C=O) groups excluding carboxylic acids is 1. The lowest BCUT2D eigenvalue weighted by Gasteiger charge is -2.14. The molecule has 0 atom stereocenters. The first-order valence-electron chi connectivity index (χ1n) is 8.32. The largest absolute Gasteiger partial charge is 0.490 e. The molecular weight excluding hydrogens is 447 g/mol. The molecule has 2 aromatic carbocycles. The van der Waals surface area contributed by atoms with Gasteiger partial charge in [-0.2, -0.15) is 0 Å². The fourth-order valence-electron chi connectivity index (χ4n) is 2.53. The van der Waals surface area contributed by atoms with E-state index in [-0.39, 0.29) is 6.61 Å². The zero-order valence-electron chi connectivity index (χ0n) is 14.5. The average molecular weight is 466 g/mol. The van der Waals surface area contributed by atoms with Gasteiger partial charge in [-0.05, 0) is 60.7 Å². The first kappa shape index (κ1) is 18.5. The molecule has 3 aromatic rings. The summed E-state index contributed by atoms with van der Waals surface area (Å²) in [6.45, 7) is 4.30. The maximum absolute atomic E-state index is 11.6. The topological polar surface area (TPSA) is 73.4 Å². The number of carbonyl (C=O) groups is 1. The van der Waals surface area contributed by atoms with E-state index in [4.69, 9.17) is 14.2 Å². The van der Waals surface area contributed by atoms with E-state index in [9.17, 15) is 4.79 Å². The summed E-state index contributed by atoms with van der Waals surface area (Å²) in [5.74, 6) is 1.44. The Bertz CT molecular complexity index is 890. The minimum Gasteiger partial charge on any atom is -0.490 e. The maximum atomic E-state index is 11.6. The lowest BCUT2D eigenvalue weighted by Crippen LogP contribution is -2.15. The van der Waals surface area contributed by atoms with Crippen LogP contribution in [0.5, 0.6) is 11.5 Å². The Kier molecular flexibility index (Phi) is 5.97. The molecule has 1 N–H and O–H groups in total. The summed E-state index contributed by atoms with van der Waals surface area (Å²) in [4.78, 5) is 19.5. The van der Waals surface area contributed by atoms with Crippen molar-refractivity contribution >= 4 is 39.6 Å². The van der Waals surface area contributed by atoms with Crippen LogP contribution < -0.4 is 9.47 Å². The molecule has 0 spiro atoms. The average Bonchev–Trinajstić information content (AvgIpc) is 3.05. The van der Waals surface area contributed by atoms with E-state index in [1.807, 2.05) is 43.3 Å². The number of aromatic nitrogens is 2. The molecule has 7 heteroatoms. The molecular formula is C19H19IN2O4. The molecule has 0 aliphatic rings. The molecule has 0 unspecified atom stereocenters. The first-order valence-corrected chi connectivity index (χ1v) is 9.40. The fourth-order valence-corrected chi connectivity index (χ4v) is 3.29. The van der Waals surface area contributed by atoms with Gasteiger partial charge in [-0.25, -0.2) is 9.78 Å². The number of imidazole rings is 1. The summed E-state index contributed by atoms with van der Waals surface area (Å²) in [6, 6.07) is 11.7. The number of benzene rings is 2. The van der Waals surface area contributed by atoms with Crippen LogP contribution in [0.25, 0.3) is 22.4 Å². The molecule has 0 saturated heterocycles. The highest BCUT2D eigenvalue weighted by atomic mass is 127. The standard InChI is InChI=1S/C19H19IN2O4/c1-3-24-16-10-12(19-21-14-7-5-6-8-15(14)22-19)9-13(20)18(16)26-11-17(23)25-4-2/h5-10H,3-4,11H2,1-2H3,(H,21,22). The fraction of sp³-hybridized carbons (Fsp3) is 0.263. The van der Waals surface area contributed by atoms with E-state index in [0.29, 0.717) is 24.7 Å². The van der Waals surface area contributed by atoms with Crippen LogP contribution in [-0.4, -0.2) is 35.8 Å². The van der Waals surface area contributed by atoms with E-state index >= 15 is 0 Å². The lowest BCUT2D eigenvalue weighted by atomic mass is 10.2. The van der Waals surface area contributed by atoms with Gasteiger partial charge in [0, 0.05) is 5.56 Å². The zero-order chi connectivity index (χ0) is 18.5. The van der Waals surface area contributed by atoms with Crippen molar-refractivity contribution in [2.45, 2.75) is 13.8 Å². The van der Waals surface area contributed by atoms with Gasteiger partial charge in [-0.3, -0.25) is 0 Å². The quantitative estimate of drug-likeness (QED) is 0.418. The van der Waals surface area contributed by atoms with Crippen molar-refractivity contribution in [2.24, 2.45) is 0 Å². The Morgan fingerprint density at radius 2 is 1.96 bits per heavy atom. The molecule has 6 nitrogen and oxygen atoms in total. The number of rotatable bonds is 7. The Balaban J connectivity index is 1.94. The number of hydrogen-bond acceptors (Lipinski definition) is 5. The number of aromatic amines is 1. The van der Waals surface area contributed by atoms with Crippen LogP contribution in [0, 0.1) is 3.57 Å². The van der Waals surface area contributed by atoms with Crippen LogP contribution in [0.2, 0.25) is 0 Å². The molecule has 0 aliphatic heterocycles. The van der Waals surface area contributed by atoms with Gasteiger partial charge < -0.3 is 19.2 Å². The third-order valence-electron chi connectivity index (χ3n) is 3.61. The number of fused-ring (bicyclic) bond motifs is 1. The van der Waals surface area contributed by atoms with Crippen molar-refractivity contribution in [2.75, 3.05) is 19.8 Å². The van der Waals surface area contributed by atoms with Crippen LogP contribution in [0.1, 0.15) is 13.8 Å².